The summed E-state index contributed by atoms with van der Waals surface area (Å²) in [5, 5.41) is 0. The second-order valence-electron chi connectivity index (χ2n) is 7.33. The number of nitrogens with two attached hydrogens (primary N) is 1. The third-order valence-corrected chi connectivity index (χ3v) is 4.39. The van der Waals surface area contributed by atoms with Crippen LogP contribution in [0.15, 0.2) is 24.3 Å². The minimum atomic E-state index is -0.198. The highest BCUT2D eigenvalue weighted by atomic mass is 16.5. The number of benzene rings is 1. The summed E-state index contributed by atoms with van der Waals surface area (Å²) in [5.74, 6) is 0.179. The van der Waals surface area contributed by atoms with Crippen molar-refractivity contribution in [3.05, 3.63) is 35.4 Å². The maximum absolute atomic E-state index is 11.5. The Morgan fingerprint density at radius 3 is 2.45 bits per heavy atom. The average Bonchev–Trinajstić information content (AvgIpc) is 2.45. The molecule has 1 aromatic carbocycles. The van der Waals surface area contributed by atoms with Gasteiger partial charge in [0.05, 0.1) is 13.7 Å². The normalized spacial score (nSPS) is 23.3. The Kier molecular flexibility index (Phi) is 5.24. The molecular formula is C18H28N2O2. The first-order valence-electron chi connectivity index (χ1n) is 7.95. The van der Waals surface area contributed by atoms with Gasteiger partial charge in [-0.05, 0) is 28.9 Å². The SMILES string of the molecule is COC(=O)CN1CC(N)CC(c2ccc(C(C)(C)C)cc2)C1. The molecule has 122 valence electrons. The van der Waals surface area contributed by atoms with Crippen LogP contribution in [0.2, 0.25) is 0 Å². The predicted octanol–water partition coefficient (Wildman–Crippen LogP) is 2.27. The van der Waals surface area contributed by atoms with Gasteiger partial charge in [0.1, 0.15) is 0 Å². The quantitative estimate of drug-likeness (QED) is 0.870. The molecule has 0 spiro atoms. The maximum atomic E-state index is 11.5. The first-order valence-corrected chi connectivity index (χ1v) is 7.95. The highest BCUT2D eigenvalue weighted by Gasteiger charge is 2.27. The van der Waals surface area contributed by atoms with Gasteiger partial charge in [-0.15, -0.1) is 0 Å². The fraction of sp³-hybridized carbons (Fsp3) is 0.611. The van der Waals surface area contributed by atoms with Crippen molar-refractivity contribution in [2.24, 2.45) is 5.73 Å². The standard InChI is InChI=1S/C18H28N2O2/c1-18(2,3)15-7-5-13(6-8-15)14-9-16(19)11-20(10-14)12-17(21)22-4/h5-8,14,16H,9-12,19H2,1-4H3. The number of piperidine rings is 1. The Morgan fingerprint density at radius 2 is 1.91 bits per heavy atom. The van der Waals surface area contributed by atoms with E-state index in [1.54, 1.807) is 0 Å². The Labute approximate surface area is 133 Å². The number of methoxy groups -OCH3 is 1. The predicted molar refractivity (Wildman–Crippen MR) is 88.9 cm³/mol. The Hall–Kier alpha value is -1.39. The molecule has 1 aromatic rings. The first kappa shape index (κ1) is 17.0. The van der Waals surface area contributed by atoms with E-state index in [0.29, 0.717) is 12.5 Å². The lowest BCUT2D eigenvalue weighted by atomic mass is 9.83. The molecule has 4 nitrogen and oxygen atoms in total. The first-order chi connectivity index (χ1) is 10.3. The molecule has 0 radical (unpaired) electrons. The second kappa shape index (κ2) is 6.80. The smallest absolute Gasteiger partial charge is 0.319 e. The number of carbonyl (C=O) groups is 1. The Bertz CT molecular complexity index is 505. The number of likely N-dealkylation sites (tertiary alicyclic amines) is 1. The molecule has 1 saturated heterocycles. The van der Waals surface area contributed by atoms with E-state index in [1.165, 1.54) is 18.2 Å². The van der Waals surface area contributed by atoms with E-state index in [4.69, 9.17) is 10.5 Å². The lowest BCUT2D eigenvalue weighted by molar-refractivity contribution is -0.142. The van der Waals surface area contributed by atoms with Crippen LogP contribution in [-0.4, -0.2) is 43.7 Å². The van der Waals surface area contributed by atoms with Crippen molar-refractivity contribution in [2.75, 3.05) is 26.7 Å². The Morgan fingerprint density at radius 1 is 1.27 bits per heavy atom. The third kappa shape index (κ3) is 4.31. The molecule has 2 unspecified atom stereocenters. The van der Waals surface area contributed by atoms with Crippen molar-refractivity contribution in [3.63, 3.8) is 0 Å². The lowest BCUT2D eigenvalue weighted by Gasteiger charge is -2.36. The number of hydrogen-bond acceptors (Lipinski definition) is 4. The summed E-state index contributed by atoms with van der Waals surface area (Å²) in [4.78, 5) is 13.6. The van der Waals surface area contributed by atoms with E-state index in [2.05, 4.69) is 49.9 Å². The summed E-state index contributed by atoms with van der Waals surface area (Å²) in [7, 11) is 1.43. The number of ether oxygens (including phenoxy) is 1. The number of carbonyl (C=O) groups excluding carboxylic acids is 1. The zero-order valence-corrected chi connectivity index (χ0v) is 14.1. The van der Waals surface area contributed by atoms with Crippen LogP contribution in [-0.2, 0) is 14.9 Å². The van der Waals surface area contributed by atoms with Crippen molar-refractivity contribution < 1.29 is 9.53 Å². The Balaban J connectivity index is 2.08. The van der Waals surface area contributed by atoms with Crippen molar-refractivity contribution in [3.8, 4) is 0 Å². The fourth-order valence-electron chi connectivity index (χ4n) is 3.11. The fourth-order valence-corrected chi connectivity index (χ4v) is 3.11. The molecule has 0 amide bonds. The minimum absolute atomic E-state index is 0.102. The molecule has 1 aliphatic heterocycles. The van der Waals surface area contributed by atoms with Gasteiger partial charge in [0.2, 0.25) is 0 Å². The van der Waals surface area contributed by atoms with Gasteiger partial charge < -0.3 is 10.5 Å². The molecule has 2 rings (SSSR count). The molecule has 0 saturated carbocycles. The van der Waals surface area contributed by atoms with Gasteiger partial charge in [0.15, 0.2) is 0 Å². The van der Waals surface area contributed by atoms with Gasteiger partial charge in [-0.3, -0.25) is 9.69 Å². The molecule has 1 fully saturated rings. The lowest BCUT2D eigenvalue weighted by Crippen LogP contribution is -2.48. The van der Waals surface area contributed by atoms with Crippen LogP contribution in [0.3, 0.4) is 0 Å². The van der Waals surface area contributed by atoms with Gasteiger partial charge in [-0.1, -0.05) is 45.0 Å². The largest absolute Gasteiger partial charge is 0.468 e. The van der Waals surface area contributed by atoms with Crippen LogP contribution in [0, 0.1) is 0 Å². The van der Waals surface area contributed by atoms with Crippen LogP contribution in [0.1, 0.15) is 44.2 Å². The highest BCUT2D eigenvalue weighted by Crippen LogP contribution is 2.29. The molecule has 0 bridgehead atoms. The molecule has 0 aliphatic carbocycles. The zero-order valence-electron chi connectivity index (χ0n) is 14.1. The molecule has 2 N–H and O–H groups in total. The average molecular weight is 304 g/mol. The third-order valence-electron chi connectivity index (χ3n) is 4.39. The van der Waals surface area contributed by atoms with Gasteiger partial charge >= 0.3 is 5.97 Å². The van der Waals surface area contributed by atoms with Gasteiger partial charge in [-0.2, -0.15) is 0 Å². The number of rotatable bonds is 3. The van der Waals surface area contributed by atoms with Gasteiger partial charge in [-0.25, -0.2) is 0 Å². The van der Waals surface area contributed by atoms with Crippen LogP contribution >= 0.6 is 0 Å². The summed E-state index contributed by atoms with van der Waals surface area (Å²) in [6, 6.07) is 8.94. The summed E-state index contributed by atoms with van der Waals surface area (Å²) < 4.78 is 4.76. The van der Waals surface area contributed by atoms with Crippen LogP contribution < -0.4 is 5.73 Å². The number of esters is 1. The van der Waals surface area contributed by atoms with Crippen molar-refractivity contribution >= 4 is 5.97 Å². The van der Waals surface area contributed by atoms with Gasteiger partial charge in [0.25, 0.3) is 0 Å². The summed E-state index contributed by atoms with van der Waals surface area (Å²) in [5.41, 5.74) is 8.98. The maximum Gasteiger partial charge on any atom is 0.319 e. The van der Waals surface area contributed by atoms with E-state index in [-0.39, 0.29) is 17.4 Å². The molecule has 4 heteroatoms. The van der Waals surface area contributed by atoms with Crippen LogP contribution in [0.4, 0.5) is 0 Å². The van der Waals surface area contributed by atoms with Crippen molar-refractivity contribution in [1.29, 1.82) is 0 Å². The summed E-state index contributed by atoms with van der Waals surface area (Å²) in [6.45, 7) is 8.59. The molecule has 22 heavy (non-hydrogen) atoms. The van der Waals surface area contributed by atoms with E-state index in [9.17, 15) is 4.79 Å². The molecular weight excluding hydrogens is 276 g/mol. The van der Waals surface area contributed by atoms with E-state index in [1.807, 2.05) is 0 Å². The molecule has 0 aromatic heterocycles. The van der Waals surface area contributed by atoms with Crippen molar-refractivity contribution in [2.45, 2.75) is 44.6 Å². The van der Waals surface area contributed by atoms with Crippen LogP contribution in [0.25, 0.3) is 0 Å². The van der Waals surface area contributed by atoms with E-state index in [0.717, 1.165) is 19.5 Å². The van der Waals surface area contributed by atoms with Gasteiger partial charge in [0, 0.05) is 19.1 Å². The molecule has 1 heterocycles. The van der Waals surface area contributed by atoms with Crippen LogP contribution in [0.5, 0.6) is 0 Å². The van der Waals surface area contributed by atoms with Crippen molar-refractivity contribution in [1.82, 2.24) is 4.90 Å². The zero-order chi connectivity index (χ0) is 16.3. The topological polar surface area (TPSA) is 55.6 Å². The van der Waals surface area contributed by atoms with E-state index < -0.39 is 0 Å². The highest BCUT2D eigenvalue weighted by molar-refractivity contribution is 5.71. The molecule has 1 aliphatic rings. The van der Waals surface area contributed by atoms with E-state index >= 15 is 0 Å². The summed E-state index contributed by atoms with van der Waals surface area (Å²) >= 11 is 0. The monoisotopic (exact) mass is 304 g/mol. The minimum Gasteiger partial charge on any atom is -0.468 e. The summed E-state index contributed by atoms with van der Waals surface area (Å²) in [6.07, 6.45) is 0.965. The number of nitrogens with zero attached hydrogens (tertiary/aromatic N) is 1. The number of hydrogen-bond donors (Lipinski definition) is 1. The molecule has 2 atom stereocenters. The second-order valence-corrected chi connectivity index (χ2v) is 7.33.